The first kappa shape index (κ1) is 5.79. The zero-order valence-electron chi connectivity index (χ0n) is 71.8. The lowest BCUT2D eigenvalue weighted by molar-refractivity contribution is -0.130. The Morgan fingerprint density at radius 2 is 2.08 bits per heavy atom. The number of benzene rings is 1. The average molecular weight is 605 g/mol. The number of nitrogens with one attached hydrogen (secondary N) is 1. The Morgan fingerprint density at radius 1 is 1.23 bits per heavy atom. The summed E-state index contributed by atoms with van der Waals surface area (Å²) in [7, 11) is -8.20. The van der Waals surface area contributed by atoms with Gasteiger partial charge in [0.2, 0.25) is 13.2 Å². The van der Waals surface area contributed by atoms with E-state index in [0.717, 1.165) is 0 Å². The van der Waals surface area contributed by atoms with Crippen LogP contribution in [0.4, 0.5) is 0 Å². The van der Waals surface area contributed by atoms with Gasteiger partial charge in [-0.3, -0.25) is 9.59 Å². The van der Waals surface area contributed by atoms with Crippen molar-refractivity contribution in [3.05, 3.63) is 23.7 Å². The highest BCUT2D eigenvalue weighted by Gasteiger charge is 2.32. The van der Waals surface area contributed by atoms with Gasteiger partial charge in [-0.1, -0.05) is 33.4 Å². The maximum absolute atomic E-state index is 15.2. The van der Waals surface area contributed by atoms with Crippen molar-refractivity contribution in [2.24, 2.45) is 40.4 Å². The minimum Gasteiger partial charge on any atom is -0.493 e. The summed E-state index contributed by atoms with van der Waals surface area (Å²) < 4.78 is 457. The first-order valence-electron chi connectivity index (χ1n) is 35.4. The quantitative estimate of drug-likeness (QED) is 0.168. The zero-order valence-corrected chi connectivity index (χ0v) is 18.8. The van der Waals surface area contributed by atoms with Crippen molar-refractivity contribution in [3.8, 4) is 11.5 Å². The largest absolute Gasteiger partial charge is 0.493 e. The number of carbonyl (C=O) groups is 2. The Kier molecular flexibility index (Phi) is 2.48. The standard InChI is InChI=1S/C30H53N3O6/c1-19(2)22(14-21-10-11-26(38-8)27(15-21)39-13-9-12-37-7)16-24(31)25(34)17-23(20(3)4)28(35)33-18-30(5,6)29(32)36/h10-11,15,19-20,22-25,34H,9,12-14,16-18,31H2,1-8H3,(H2,32,36)(H,33,35)/t22-,23+,24+,25+/m1/s1/i1D3,2D3,3D3,4D3,5D3,6D3,7D3,8D3,9D2,10D,11D,12D2,13D2,14D2,15D,16D2,17D2,18D2,19D,20D,22D,23D,24D,25D,34D/hD5. The molecule has 0 heterocycles. The Bertz CT molecular complexity index is 2830. The Balaban J connectivity index is 5.70. The van der Waals surface area contributed by atoms with Crippen LogP contribution in [0.2, 0.25) is 7.06 Å². The molecule has 0 aliphatic carbocycles. The summed E-state index contributed by atoms with van der Waals surface area (Å²) in [5.41, 5.74) is -11.9. The Hall–Kier alpha value is -2.36. The van der Waals surface area contributed by atoms with E-state index in [1.54, 1.807) is 0 Å². The van der Waals surface area contributed by atoms with Crippen LogP contribution in [-0.2, 0) is 20.7 Å². The fraction of sp³-hybridized carbons (Fsp3) is 0.733. The summed E-state index contributed by atoms with van der Waals surface area (Å²) in [6.07, 6.45) is -30.0. The van der Waals surface area contributed by atoms with E-state index >= 15 is 4.79 Å². The predicted octanol–water partition coefficient (Wildman–Crippen LogP) is 3.29. The topological polar surface area (TPSA) is 146 Å². The molecule has 1 aromatic carbocycles. The zero-order chi connectivity index (χ0) is 75.2. The summed E-state index contributed by atoms with van der Waals surface area (Å²) in [5, 5.41) is 1.70. The van der Waals surface area contributed by atoms with Crippen molar-refractivity contribution in [3.63, 3.8) is 0 Å². The molecule has 0 radical (unpaired) electrons. The first-order chi connectivity index (χ1) is 39.4. The van der Waals surface area contributed by atoms with Gasteiger partial charge in [0.25, 0.3) is 0 Å². The number of rotatable bonds is 21. The highest BCUT2D eigenvalue weighted by atomic mass is 16.5. The molecule has 0 saturated heterocycles. The highest BCUT2D eigenvalue weighted by molar-refractivity contribution is 5.83. The van der Waals surface area contributed by atoms with Gasteiger partial charge in [-0.2, -0.15) is 0 Å². The third-order valence-corrected chi connectivity index (χ3v) is 3.46. The lowest BCUT2D eigenvalue weighted by Crippen LogP contribution is -2.46. The van der Waals surface area contributed by atoms with E-state index in [0.29, 0.717) is 0 Å². The maximum Gasteiger partial charge on any atom is 0.224 e. The molecular weight excluding hydrogens is 498 g/mol. The van der Waals surface area contributed by atoms with Crippen LogP contribution in [-0.4, -0.2) is 64.1 Å². The lowest BCUT2D eigenvalue weighted by Gasteiger charge is -2.30. The molecule has 0 fully saturated rings. The Labute approximate surface area is 310 Å². The molecule has 39 heavy (non-hydrogen) atoms. The second-order valence-electron chi connectivity index (χ2n) is 6.18. The Morgan fingerprint density at radius 3 is 2.74 bits per heavy atom. The molecule has 0 bridgehead atoms. The minimum atomic E-state index is -6.47. The second kappa shape index (κ2) is 16.7. The van der Waals surface area contributed by atoms with Gasteiger partial charge in [0.05, 0.1) is 47.0 Å². The molecule has 0 saturated carbocycles. The van der Waals surface area contributed by atoms with E-state index in [1.165, 1.54) is 0 Å². The SMILES string of the molecule is [2H]O[C@@]([2H])(C([2H])([2H])[C@]([2H])(C(=O)N([2H])C([2H])([2H])C(C(=O)N([2H])[2H])(C([2H])([2H])[2H])C([2H])([2H])[2H])C([2H])(C([2H])([2H])[2H])C([2H])([2H])[2H])[C@@]([2H])(N([2H])[2H])C([2H])([2H])[C@@]([2H])(C([2H])([2H])c1c([2H])c([2H])c(OC([2H])([2H])[2H])c(OC([2H])([2H])C([2H])([2H])C([2H])([2H])OC([2H])([2H])[2H])c1[2H])C([2H])(C([2H])([2H])[2H])C([2H])([2H])[2H]. The number of ether oxygens (including phenoxy) is 3. The van der Waals surface area contributed by atoms with Crippen molar-refractivity contribution in [1.82, 2.24) is 5.31 Å². The molecule has 0 aromatic heterocycles. The lowest BCUT2D eigenvalue weighted by atomic mass is 9.80. The summed E-state index contributed by atoms with van der Waals surface area (Å²) >= 11 is 0. The van der Waals surface area contributed by atoms with Crippen LogP contribution in [0, 0.1) is 29.0 Å². The van der Waals surface area contributed by atoms with Gasteiger partial charge in [0.15, 0.2) is 15.7 Å². The molecule has 2 amide bonds. The molecule has 0 spiro atoms. The maximum atomic E-state index is 15.2. The van der Waals surface area contributed by atoms with Crippen LogP contribution < -0.4 is 26.2 Å². The van der Waals surface area contributed by atoms with Crippen molar-refractivity contribution in [1.29, 1.82) is 1.43 Å². The van der Waals surface area contributed by atoms with Crippen LogP contribution in [0.3, 0.4) is 0 Å². The number of hydrogen-bond acceptors (Lipinski definition) is 7. The predicted molar refractivity (Wildman–Crippen MR) is 155 cm³/mol. The van der Waals surface area contributed by atoms with E-state index in [-0.39, 0.29) is 0 Å². The van der Waals surface area contributed by atoms with Crippen LogP contribution in [0.1, 0.15) is 130 Å². The number of hydrogen-bond donors (Lipinski definition) is 4. The fourth-order valence-electron chi connectivity index (χ4n) is 1.80. The monoisotopic (exact) mass is 605 g/mol. The third-order valence-electron chi connectivity index (χ3n) is 3.46. The van der Waals surface area contributed by atoms with Gasteiger partial charge in [-0.05, 0) is 68.2 Å². The molecular formula is C30H53N3O6. The van der Waals surface area contributed by atoms with Crippen LogP contribution >= 0.6 is 0 Å². The second-order valence-corrected chi connectivity index (χ2v) is 6.18. The summed E-state index contributed by atoms with van der Waals surface area (Å²) in [6, 6.07) is -13.8. The van der Waals surface area contributed by atoms with Gasteiger partial charge >= 0.3 is 0 Å². The number of aliphatic hydroxyl groups is 1. The molecule has 0 aliphatic heterocycles. The normalized spacial score (nSPS) is 43.9. The molecule has 1 rings (SSSR count). The van der Waals surface area contributed by atoms with Crippen molar-refractivity contribution >= 4 is 11.8 Å². The molecule has 1 aromatic rings. The molecule has 9 nitrogen and oxygen atoms in total. The summed E-state index contributed by atoms with van der Waals surface area (Å²) in [6.45, 7) is -46.9. The number of nitrogens with two attached hydrogens (primary N) is 2. The van der Waals surface area contributed by atoms with Gasteiger partial charge < -0.3 is 36.1 Å². The molecule has 6 N–H and O–H groups in total. The van der Waals surface area contributed by atoms with E-state index in [9.17, 15) is 19.9 Å². The third kappa shape index (κ3) is 11.7. The molecule has 9 heteroatoms. The van der Waals surface area contributed by atoms with Gasteiger partial charge in [0, 0.05) is 80.9 Å². The highest BCUT2D eigenvalue weighted by Crippen LogP contribution is 2.32. The van der Waals surface area contributed by atoms with E-state index in [2.05, 4.69) is 14.6 Å². The molecule has 0 aliphatic rings. The van der Waals surface area contributed by atoms with E-state index in [1.807, 2.05) is 0 Å². The fourth-order valence-corrected chi connectivity index (χ4v) is 1.80. The van der Waals surface area contributed by atoms with Crippen molar-refractivity contribution < 1.29 is 100 Å². The van der Waals surface area contributed by atoms with Gasteiger partial charge in [0.1, 0.15) is 2.82 Å². The number of amides is 2. The summed E-state index contributed by atoms with van der Waals surface area (Å²) in [4.78, 5) is 28.7. The molecule has 224 valence electrons. The van der Waals surface area contributed by atoms with Gasteiger partial charge in [-0.15, -0.1) is 0 Å². The van der Waals surface area contributed by atoms with E-state index < -0.39 is 205 Å². The number of methoxy groups -OCH3 is 2. The molecule has 4 atom stereocenters. The first-order valence-corrected chi connectivity index (χ1v) is 9.23. The van der Waals surface area contributed by atoms with Crippen molar-refractivity contribution in [2.75, 3.05) is 33.7 Å². The average Bonchev–Trinajstić information content (AvgIpc) is 0.657. The number of primary amides is 1. The van der Waals surface area contributed by atoms with Gasteiger partial charge in [-0.25, -0.2) is 0 Å². The molecule has 0 unspecified atom stereocenters. The van der Waals surface area contributed by atoms with E-state index in [4.69, 9.17) is 62.6 Å². The van der Waals surface area contributed by atoms with Crippen LogP contribution in [0.15, 0.2) is 18.1 Å². The van der Waals surface area contributed by atoms with Crippen LogP contribution in [0.25, 0.3) is 0 Å². The summed E-state index contributed by atoms with van der Waals surface area (Å²) in [5.74, 6) is -36.7. The minimum absolute atomic E-state index is 1.56. The smallest absolute Gasteiger partial charge is 0.224 e. The van der Waals surface area contributed by atoms with Crippen molar-refractivity contribution in [2.45, 2.75) is 78.7 Å². The number of carbonyl (C=O) groups excluding carboxylic acids is 2. The van der Waals surface area contributed by atoms with Crippen LogP contribution in [0.5, 0.6) is 11.5 Å².